The topological polar surface area (TPSA) is 98.9 Å². The van der Waals surface area contributed by atoms with Gasteiger partial charge in [-0.25, -0.2) is 0 Å². The third-order valence-corrected chi connectivity index (χ3v) is 3.86. The molecule has 1 fully saturated rings. The summed E-state index contributed by atoms with van der Waals surface area (Å²) >= 11 is 0.896. The lowest BCUT2D eigenvalue weighted by Gasteiger charge is -2.10. The number of primary amides is 1. The van der Waals surface area contributed by atoms with E-state index in [0.29, 0.717) is 17.3 Å². The molecule has 1 aromatic rings. The van der Waals surface area contributed by atoms with Crippen molar-refractivity contribution in [2.75, 3.05) is 26.9 Å². The van der Waals surface area contributed by atoms with Gasteiger partial charge in [-0.15, -0.1) is 0 Å². The number of carbonyl (C=O) groups excluding carboxylic acids is 3. The maximum absolute atomic E-state index is 12.2. The van der Waals surface area contributed by atoms with E-state index in [0.717, 1.165) is 22.2 Å². The van der Waals surface area contributed by atoms with Crippen molar-refractivity contribution in [1.82, 2.24) is 4.90 Å². The molecular weight excluding hydrogens is 320 g/mol. The number of benzene rings is 1. The fourth-order valence-electron chi connectivity index (χ4n) is 1.84. The summed E-state index contributed by atoms with van der Waals surface area (Å²) in [4.78, 5) is 36.1. The van der Waals surface area contributed by atoms with Crippen molar-refractivity contribution in [2.45, 2.75) is 0 Å². The van der Waals surface area contributed by atoms with Crippen molar-refractivity contribution in [3.63, 3.8) is 0 Å². The Morgan fingerprint density at radius 3 is 2.61 bits per heavy atom. The van der Waals surface area contributed by atoms with Crippen LogP contribution in [0.5, 0.6) is 5.75 Å². The Kier molecular flexibility index (Phi) is 5.78. The van der Waals surface area contributed by atoms with E-state index in [1.807, 2.05) is 0 Å². The summed E-state index contributed by atoms with van der Waals surface area (Å²) in [5, 5.41) is -0.306. The predicted molar refractivity (Wildman–Crippen MR) is 85.7 cm³/mol. The second-order valence-electron chi connectivity index (χ2n) is 4.65. The van der Waals surface area contributed by atoms with Crippen molar-refractivity contribution < 1.29 is 23.9 Å². The van der Waals surface area contributed by atoms with E-state index >= 15 is 0 Å². The minimum atomic E-state index is -0.557. The van der Waals surface area contributed by atoms with Crippen LogP contribution in [0.1, 0.15) is 5.56 Å². The molecule has 7 nitrogen and oxygen atoms in total. The number of methoxy groups -OCH3 is 1. The first-order chi connectivity index (χ1) is 11.0. The molecule has 3 amide bonds. The van der Waals surface area contributed by atoms with Crippen LogP contribution in [0.3, 0.4) is 0 Å². The van der Waals surface area contributed by atoms with E-state index in [9.17, 15) is 14.4 Å². The highest BCUT2D eigenvalue weighted by Crippen LogP contribution is 2.32. The first kappa shape index (κ1) is 17.0. The monoisotopic (exact) mass is 336 g/mol. The minimum absolute atomic E-state index is 0.197. The van der Waals surface area contributed by atoms with Crippen molar-refractivity contribution >= 4 is 34.9 Å². The van der Waals surface area contributed by atoms with Gasteiger partial charge in [0.15, 0.2) is 6.61 Å². The molecule has 0 aromatic heterocycles. The molecule has 23 heavy (non-hydrogen) atoms. The van der Waals surface area contributed by atoms with Gasteiger partial charge in [0.2, 0.25) is 0 Å². The van der Waals surface area contributed by atoms with Gasteiger partial charge < -0.3 is 15.2 Å². The van der Waals surface area contributed by atoms with E-state index in [2.05, 4.69) is 0 Å². The molecule has 122 valence electrons. The van der Waals surface area contributed by atoms with Crippen LogP contribution in [-0.2, 0) is 14.3 Å². The number of hydrogen-bond donors (Lipinski definition) is 1. The van der Waals surface area contributed by atoms with Crippen LogP contribution in [0.25, 0.3) is 6.08 Å². The number of nitrogens with two attached hydrogens (primary N) is 1. The van der Waals surface area contributed by atoms with Gasteiger partial charge in [0.05, 0.1) is 18.1 Å². The highest BCUT2D eigenvalue weighted by molar-refractivity contribution is 8.18. The summed E-state index contributed by atoms with van der Waals surface area (Å²) in [5.74, 6) is -0.390. The molecule has 2 N–H and O–H groups in total. The standard InChI is InChI=1S/C15H16N2O5S/c1-21-7-6-17-14(19)12(23-15(17)20)8-10-2-4-11(5-3-10)22-9-13(16)18/h2-5,8H,6-7,9H2,1H3,(H2,16,18)/b12-8+. The van der Waals surface area contributed by atoms with Crippen molar-refractivity contribution in [3.8, 4) is 5.75 Å². The van der Waals surface area contributed by atoms with Crippen LogP contribution in [-0.4, -0.2) is 48.8 Å². The number of nitrogens with zero attached hydrogens (tertiary/aromatic N) is 1. The molecule has 0 atom stereocenters. The second-order valence-corrected chi connectivity index (χ2v) is 5.64. The highest BCUT2D eigenvalue weighted by Gasteiger charge is 2.34. The molecule has 1 saturated heterocycles. The normalized spacial score (nSPS) is 16.2. The van der Waals surface area contributed by atoms with Crippen LogP contribution >= 0.6 is 11.8 Å². The maximum atomic E-state index is 12.2. The molecule has 1 heterocycles. The van der Waals surface area contributed by atoms with Gasteiger partial charge in [-0.3, -0.25) is 19.3 Å². The summed E-state index contributed by atoms with van der Waals surface area (Å²) in [6.07, 6.45) is 1.63. The maximum Gasteiger partial charge on any atom is 0.293 e. The number of thioether (sulfide) groups is 1. The molecule has 1 aliphatic rings. The Hall–Kier alpha value is -2.32. The SMILES string of the molecule is COCCN1C(=O)S/C(=C/c2ccc(OCC(N)=O)cc2)C1=O. The summed E-state index contributed by atoms with van der Waals surface area (Å²) in [6, 6.07) is 6.76. The molecule has 1 aliphatic heterocycles. The van der Waals surface area contributed by atoms with E-state index in [1.54, 1.807) is 30.3 Å². The molecule has 8 heteroatoms. The van der Waals surface area contributed by atoms with Gasteiger partial charge in [0.1, 0.15) is 5.75 Å². The fourth-order valence-corrected chi connectivity index (χ4v) is 2.71. The third kappa shape index (κ3) is 4.57. The summed E-state index contributed by atoms with van der Waals surface area (Å²) < 4.78 is 10.0. The first-order valence-corrected chi connectivity index (χ1v) is 7.58. The predicted octanol–water partition coefficient (Wildman–Crippen LogP) is 1.23. The van der Waals surface area contributed by atoms with Crippen molar-refractivity contribution in [3.05, 3.63) is 34.7 Å². The molecule has 1 aromatic carbocycles. The summed E-state index contributed by atoms with van der Waals surface area (Å²) in [6.45, 7) is 0.341. The Labute approximate surface area is 137 Å². The van der Waals surface area contributed by atoms with Crippen LogP contribution in [0.4, 0.5) is 4.79 Å². The van der Waals surface area contributed by atoms with Crippen LogP contribution in [0.15, 0.2) is 29.2 Å². The Bertz CT molecular complexity index is 642. The zero-order valence-electron chi connectivity index (χ0n) is 12.5. The van der Waals surface area contributed by atoms with Gasteiger partial charge in [-0.2, -0.15) is 0 Å². The lowest BCUT2D eigenvalue weighted by Crippen LogP contribution is -2.31. The lowest BCUT2D eigenvalue weighted by molar-refractivity contribution is -0.123. The molecule has 2 rings (SSSR count). The van der Waals surface area contributed by atoms with Crippen molar-refractivity contribution in [2.24, 2.45) is 5.73 Å². The largest absolute Gasteiger partial charge is 0.484 e. The molecule has 0 bridgehead atoms. The summed E-state index contributed by atoms with van der Waals surface area (Å²) in [7, 11) is 1.51. The smallest absolute Gasteiger partial charge is 0.293 e. The Balaban J connectivity index is 2.05. The number of amides is 3. The Morgan fingerprint density at radius 2 is 2.00 bits per heavy atom. The van der Waals surface area contributed by atoms with E-state index < -0.39 is 5.91 Å². The number of rotatable bonds is 7. The first-order valence-electron chi connectivity index (χ1n) is 6.76. The molecule has 0 unspecified atom stereocenters. The van der Waals surface area contributed by atoms with E-state index in [-0.39, 0.29) is 24.3 Å². The molecular formula is C15H16N2O5S. The zero-order valence-corrected chi connectivity index (χ0v) is 13.3. The summed E-state index contributed by atoms with van der Waals surface area (Å²) in [5.41, 5.74) is 5.74. The molecule has 0 aliphatic carbocycles. The number of imide groups is 1. The van der Waals surface area contributed by atoms with Crippen LogP contribution in [0, 0.1) is 0 Å². The average molecular weight is 336 g/mol. The van der Waals surface area contributed by atoms with Gasteiger partial charge in [-0.1, -0.05) is 12.1 Å². The van der Waals surface area contributed by atoms with Gasteiger partial charge in [0, 0.05) is 7.11 Å². The van der Waals surface area contributed by atoms with Crippen LogP contribution < -0.4 is 10.5 Å². The molecule has 0 spiro atoms. The van der Waals surface area contributed by atoms with E-state index in [1.165, 1.54) is 7.11 Å². The lowest BCUT2D eigenvalue weighted by atomic mass is 10.2. The quantitative estimate of drug-likeness (QED) is 0.752. The van der Waals surface area contributed by atoms with Crippen molar-refractivity contribution in [1.29, 1.82) is 0 Å². The van der Waals surface area contributed by atoms with Crippen LogP contribution in [0.2, 0.25) is 0 Å². The minimum Gasteiger partial charge on any atom is -0.484 e. The molecule has 0 saturated carbocycles. The van der Waals surface area contributed by atoms with Gasteiger partial charge in [-0.05, 0) is 35.5 Å². The number of hydrogen-bond acceptors (Lipinski definition) is 6. The van der Waals surface area contributed by atoms with E-state index in [4.69, 9.17) is 15.2 Å². The fraction of sp³-hybridized carbons (Fsp3) is 0.267. The van der Waals surface area contributed by atoms with Gasteiger partial charge in [0.25, 0.3) is 17.1 Å². The number of ether oxygens (including phenoxy) is 2. The highest BCUT2D eigenvalue weighted by atomic mass is 32.2. The Morgan fingerprint density at radius 1 is 1.30 bits per heavy atom. The molecule has 0 radical (unpaired) electrons. The zero-order chi connectivity index (χ0) is 16.8. The second kappa shape index (κ2) is 7.80. The number of carbonyl (C=O) groups is 3. The average Bonchev–Trinajstić information content (AvgIpc) is 2.78. The third-order valence-electron chi connectivity index (χ3n) is 2.95. The van der Waals surface area contributed by atoms with Gasteiger partial charge >= 0.3 is 0 Å².